The molecule has 0 aliphatic carbocycles. The lowest BCUT2D eigenvalue weighted by atomic mass is 10.1. The van der Waals surface area contributed by atoms with Crippen LogP contribution in [0.15, 0.2) is 48.5 Å². The third kappa shape index (κ3) is 3.58. The Balaban J connectivity index is 1.87. The second kappa shape index (κ2) is 6.68. The minimum absolute atomic E-state index is 0.584. The van der Waals surface area contributed by atoms with Gasteiger partial charge < -0.3 is 9.47 Å². The summed E-state index contributed by atoms with van der Waals surface area (Å²) in [5.41, 5.74) is 2.08. The van der Waals surface area contributed by atoms with Crippen LogP contribution in [0.25, 0.3) is 0 Å². The largest absolute Gasteiger partial charge is 0.519 e. The van der Waals surface area contributed by atoms with Gasteiger partial charge in [0.25, 0.3) is 0 Å². The van der Waals surface area contributed by atoms with Gasteiger partial charge in [-0.25, -0.2) is 4.79 Å². The van der Waals surface area contributed by atoms with E-state index in [1.807, 2.05) is 48.2 Å². The summed E-state index contributed by atoms with van der Waals surface area (Å²) in [4.78, 5) is 12.0. The van der Waals surface area contributed by atoms with E-state index in [0.717, 1.165) is 35.5 Å². The molecule has 3 nitrogen and oxygen atoms in total. The molecule has 0 aromatic heterocycles. The number of aryl methyl sites for hydroxylation is 2. The molecule has 0 saturated heterocycles. The maximum Gasteiger partial charge on any atom is 0.519 e. The van der Waals surface area contributed by atoms with Crippen molar-refractivity contribution in [3.63, 3.8) is 0 Å². The molecule has 0 N–H and O–H groups in total. The molecule has 0 radical (unpaired) electrons. The number of ether oxygens (including phenoxy) is 2. The third-order valence-corrected chi connectivity index (χ3v) is 4.35. The topological polar surface area (TPSA) is 35.5 Å². The number of rotatable bonds is 0. The highest BCUT2D eigenvalue weighted by Crippen LogP contribution is 2.25. The molecular weight excluding hydrogens is 284 g/mol. The Morgan fingerprint density at radius 3 is 1.76 bits per heavy atom. The van der Waals surface area contributed by atoms with Gasteiger partial charge in [-0.05, 0) is 47.6 Å². The first-order valence-corrected chi connectivity index (χ1v) is 8.11. The van der Waals surface area contributed by atoms with Crippen molar-refractivity contribution in [3.8, 4) is 11.5 Å². The summed E-state index contributed by atoms with van der Waals surface area (Å²) < 4.78 is 10.7. The number of benzene rings is 2. The highest BCUT2D eigenvalue weighted by Gasteiger charge is 2.14. The van der Waals surface area contributed by atoms with Gasteiger partial charge in [-0.2, -0.15) is 11.8 Å². The van der Waals surface area contributed by atoms with Crippen LogP contribution in [-0.4, -0.2) is 17.7 Å². The van der Waals surface area contributed by atoms with Gasteiger partial charge in [0.2, 0.25) is 0 Å². The van der Waals surface area contributed by atoms with Gasteiger partial charge in [0.1, 0.15) is 11.5 Å². The van der Waals surface area contributed by atoms with E-state index in [1.54, 1.807) is 12.1 Å². The fourth-order valence-electron chi connectivity index (χ4n) is 2.29. The minimum atomic E-state index is -0.678. The van der Waals surface area contributed by atoms with Crippen LogP contribution in [0.1, 0.15) is 11.1 Å². The monoisotopic (exact) mass is 300 g/mol. The fourth-order valence-corrected chi connectivity index (χ4v) is 3.22. The Bertz CT molecular complexity index is 586. The molecule has 0 amide bonds. The van der Waals surface area contributed by atoms with Gasteiger partial charge in [-0.1, -0.05) is 36.4 Å². The Morgan fingerprint density at radius 1 is 0.762 bits per heavy atom. The summed E-state index contributed by atoms with van der Waals surface area (Å²) in [6.07, 6.45) is 1.09. The third-order valence-electron chi connectivity index (χ3n) is 3.36. The minimum Gasteiger partial charge on any atom is -0.394 e. The van der Waals surface area contributed by atoms with Gasteiger partial charge >= 0.3 is 6.16 Å². The van der Waals surface area contributed by atoms with E-state index in [1.165, 1.54) is 0 Å². The van der Waals surface area contributed by atoms with E-state index < -0.39 is 6.16 Å². The van der Waals surface area contributed by atoms with E-state index >= 15 is 0 Å². The smallest absolute Gasteiger partial charge is 0.394 e. The summed E-state index contributed by atoms with van der Waals surface area (Å²) in [6.45, 7) is 0. The maximum atomic E-state index is 12.0. The number of hydrogen-bond acceptors (Lipinski definition) is 4. The Hall–Kier alpha value is -1.94. The van der Waals surface area contributed by atoms with Crippen molar-refractivity contribution in [1.29, 1.82) is 0 Å². The first kappa shape index (κ1) is 14.0. The van der Waals surface area contributed by atoms with Crippen molar-refractivity contribution in [2.24, 2.45) is 0 Å². The number of hydrogen-bond donors (Lipinski definition) is 0. The number of carbonyl (C=O) groups is 1. The van der Waals surface area contributed by atoms with Gasteiger partial charge in [0, 0.05) is 0 Å². The lowest BCUT2D eigenvalue weighted by molar-refractivity contribution is 0.151. The van der Waals surface area contributed by atoms with E-state index in [9.17, 15) is 4.79 Å². The predicted molar refractivity (Wildman–Crippen MR) is 84.3 cm³/mol. The van der Waals surface area contributed by atoms with Gasteiger partial charge in [-0.15, -0.1) is 0 Å². The normalized spacial score (nSPS) is 15.5. The van der Waals surface area contributed by atoms with E-state index in [2.05, 4.69) is 0 Å². The van der Waals surface area contributed by atoms with Crippen molar-refractivity contribution in [2.75, 3.05) is 11.5 Å². The SMILES string of the molecule is O=C1Oc2ccccc2CCSCCc2ccccc2O1. The highest BCUT2D eigenvalue weighted by atomic mass is 32.2. The lowest BCUT2D eigenvalue weighted by Gasteiger charge is -2.13. The second-order valence-corrected chi connectivity index (χ2v) is 6.01. The zero-order valence-electron chi connectivity index (χ0n) is 11.6. The van der Waals surface area contributed by atoms with Gasteiger partial charge in [-0.3, -0.25) is 0 Å². The molecule has 21 heavy (non-hydrogen) atoms. The fraction of sp³-hybridized carbons (Fsp3) is 0.235. The summed E-state index contributed by atoms with van der Waals surface area (Å²) in [6, 6.07) is 15.2. The molecule has 0 spiro atoms. The van der Waals surface area contributed by atoms with Crippen molar-refractivity contribution in [1.82, 2.24) is 0 Å². The second-order valence-electron chi connectivity index (χ2n) is 4.78. The number of thioether (sulfide) groups is 1. The number of para-hydroxylation sites is 2. The zero-order chi connectivity index (χ0) is 14.5. The molecule has 2 aromatic carbocycles. The van der Waals surface area contributed by atoms with Crippen LogP contribution in [-0.2, 0) is 12.8 Å². The van der Waals surface area contributed by atoms with Gasteiger partial charge in [0.05, 0.1) is 0 Å². The summed E-state index contributed by atoms with van der Waals surface area (Å²) in [7, 11) is 0. The van der Waals surface area contributed by atoms with Crippen LogP contribution >= 0.6 is 11.8 Å². The van der Waals surface area contributed by atoms with Crippen molar-refractivity contribution in [2.45, 2.75) is 12.8 Å². The molecule has 0 fully saturated rings. The van der Waals surface area contributed by atoms with Crippen LogP contribution in [0.4, 0.5) is 4.79 Å². The van der Waals surface area contributed by atoms with Crippen molar-refractivity contribution >= 4 is 17.9 Å². The molecule has 3 rings (SSSR count). The Labute approximate surface area is 128 Å². The van der Waals surface area contributed by atoms with Crippen LogP contribution in [0.5, 0.6) is 11.5 Å². The standard InChI is InChI=1S/C17H16O3S/c18-17-19-15-7-3-1-5-13(15)9-11-21-12-10-14-6-2-4-8-16(14)20-17/h1-8H,9-12H2. The molecule has 1 aliphatic rings. The Kier molecular flexibility index (Phi) is 4.46. The van der Waals surface area contributed by atoms with E-state index in [0.29, 0.717) is 11.5 Å². The van der Waals surface area contributed by atoms with Crippen LogP contribution < -0.4 is 9.47 Å². The van der Waals surface area contributed by atoms with Crippen molar-refractivity contribution < 1.29 is 14.3 Å². The molecule has 2 aromatic rings. The first-order chi connectivity index (χ1) is 10.3. The highest BCUT2D eigenvalue weighted by molar-refractivity contribution is 7.99. The molecule has 1 aliphatic heterocycles. The van der Waals surface area contributed by atoms with E-state index in [-0.39, 0.29) is 0 Å². The van der Waals surface area contributed by atoms with Crippen molar-refractivity contribution in [3.05, 3.63) is 59.7 Å². The quantitative estimate of drug-likeness (QED) is 0.542. The molecule has 0 bridgehead atoms. The predicted octanol–water partition coefficient (Wildman–Crippen LogP) is 4.10. The molecule has 1 heterocycles. The maximum absolute atomic E-state index is 12.0. The number of fused-ring (bicyclic) bond motifs is 2. The number of carbonyl (C=O) groups excluding carboxylic acids is 1. The van der Waals surface area contributed by atoms with Crippen LogP contribution in [0.3, 0.4) is 0 Å². The van der Waals surface area contributed by atoms with Gasteiger partial charge in [0.15, 0.2) is 0 Å². The lowest BCUT2D eigenvalue weighted by Crippen LogP contribution is -2.16. The summed E-state index contributed by atoms with van der Waals surface area (Å²) >= 11 is 1.90. The van der Waals surface area contributed by atoms with E-state index in [4.69, 9.17) is 9.47 Å². The average molecular weight is 300 g/mol. The summed E-state index contributed by atoms with van der Waals surface area (Å²) in [5.74, 6) is 3.19. The average Bonchev–Trinajstić information content (AvgIpc) is 2.49. The molecule has 108 valence electrons. The Morgan fingerprint density at radius 2 is 1.24 bits per heavy atom. The van der Waals surface area contributed by atoms with Crippen LogP contribution in [0.2, 0.25) is 0 Å². The molecule has 4 heteroatoms. The zero-order valence-corrected chi connectivity index (χ0v) is 12.4. The molecular formula is C17H16O3S. The summed E-state index contributed by atoms with van der Waals surface area (Å²) in [5, 5.41) is 0. The molecule has 0 unspecified atom stereocenters. The molecule has 0 saturated carbocycles. The van der Waals surface area contributed by atoms with Crippen LogP contribution in [0, 0.1) is 0 Å². The molecule has 0 atom stereocenters. The first-order valence-electron chi connectivity index (χ1n) is 6.96.